The Morgan fingerprint density at radius 2 is 2.00 bits per heavy atom. The third kappa shape index (κ3) is 6.43. The molecular formula is C24H32N4O3S2. The van der Waals surface area contributed by atoms with Crippen LogP contribution in [0.25, 0.3) is 11.7 Å². The maximum atomic E-state index is 13.4. The Bertz CT molecular complexity index is 1100. The van der Waals surface area contributed by atoms with E-state index < -0.39 is 0 Å². The Labute approximate surface area is 204 Å². The number of nitrogens with zero attached hydrogens (tertiary/aromatic N) is 3. The number of unbranched alkanes of at least 4 members (excludes halogenated alkanes) is 3. The van der Waals surface area contributed by atoms with E-state index in [1.165, 1.54) is 16.2 Å². The highest BCUT2D eigenvalue weighted by Crippen LogP contribution is 2.33. The number of aryl methyl sites for hydroxylation is 1. The van der Waals surface area contributed by atoms with Crippen molar-refractivity contribution in [1.29, 1.82) is 0 Å². The summed E-state index contributed by atoms with van der Waals surface area (Å²) in [6, 6.07) is 3.74. The van der Waals surface area contributed by atoms with Gasteiger partial charge in [0.15, 0.2) is 0 Å². The Hall–Kier alpha value is -2.23. The molecule has 0 atom stereocenters. The fraction of sp³-hybridized carbons (Fsp3) is 0.500. The number of ether oxygens (including phenoxy) is 1. The van der Waals surface area contributed by atoms with E-state index in [2.05, 4.69) is 17.2 Å². The number of amides is 1. The zero-order valence-electron chi connectivity index (χ0n) is 19.6. The van der Waals surface area contributed by atoms with E-state index in [4.69, 9.17) is 17.0 Å². The van der Waals surface area contributed by atoms with Gasteiger partial charge < -0.3 is 10.1 Å². The molecule has 0 radical (unpaired) electrons. The molecule has 7 nitrogen and oxygen atoms in total. The third-order valence-corrected chi connectivity index (χ3v) is 6.73. The Balaban J connectivity index is 1.91. The van der Waals surface area contributed by atoms with Crippen molar-refractivity contribution in [2.75, 3.05) is 31.6 Å². The van der Waals surface area contributed by atoms with E-state index in [9.17, 15) is 9.59 Å². The summed E-state index contributed by atoms with van der Waals surface area (Å²) in [5.41, 5.74) is 1.65. The molecule has 1 fully saturated rings. The van der Waals surface area contributed by atoms with Crippen LogP contribution in [0.2, 0.25) is 0 Å². The number of anilines is 1. The molecule has 2 aromatic heterocycles. The molecule has 0 aromatic carbocycles. The summed E-state index contributed by atoms with van der Waals surface area (Å²) >= 11 is 6.70. The fourth-order valence-electron chi connectivity index (χ4n) is 3.57. The second-order valence-corrected chi connectivity index (χ2v) is 9.66. The monoisotopic (exact) mass is 488 g/mol. The lowest BCUT2D eigenvalue weighted by Gasteiger charge is -2.14. The summed E-state index contributed by atoms with van der Waals surface area (Å²) in [6.07, 6.45) is 8.44. The lowest BCUT2D eigenvalue weighted by atomic mass is 10.2. The molecular weight excluding hydrogens is 456 g/mol. The van der Waals surface area contributed by atoms with Crippen molar-refractivity contribution in [3.05, 3.63) is 44.7 Å². The molecule has 33 heavy (non-hydrogen) atoms. The van der Waals surface area contributed by atoms with E-state index >= 15 is 0 Å². The average Bonchev–Trinajstić information content (AvgIpc) is 3.06. The highest BCUT2D eigenvalue weighted by atomic mass is 32.2. The Morgan fingerprint density at radius 3 is 2.76 bits per heavy atom. The van der Waals surface area contributed by atoms with Crippen LogP contribution in [-0.4, -0.2) is 50.8 Å². The summed E-state index contributed by atoms with van der Waals surface area (Å²) in [6.45, 7) is 8.55. The third-order valence-electron chi connectivity index (χ3n) is 5.35. The van der Waals surface area contributed by atoms with Gasteiger partial charge >= 0.3 is 0 Å². The van der Waals surface area contributed by atoms with Crippen molar-refractivity contribution in [2.45, 2.75) is 52.9 Å². The van der Waals surface area contributed by atoms with Crippen LogP contribution < -0.4 is 10.9 Å². The first-order chi connectivity index (χ1) is 16.0. The summed E-state index contributed by atoms with van der Waals surface area (Å²) in [4.78, 5) is 33.2. The first kappa shape index (κ1) is 25.4. The number of aromatic nitrogens is 2. The standard InChI is InChI=1S/C24H32N4O3S2/c1-4-6-7-8-13-27-23(30)19(33-24(27)32)15-18-21(25-12-9-14-31-5-2)26-20-11-10-17(3)16-28(20)22(18)29/h10-11,15-16,25H,4-9,12-14H2,1-3H3. The molecule has 1 saturated heterocycles. The van der Waals surface area contributed by atoms with Gasteiger partial charge in [0.1, 0.15) is 15.8 Å². The number of carbonyl (C=O) groups is 1. The van der Waals surface area contributed by atoms with E-state index in [1.54, 1.807) is 17.2 Å². The molecule has 1 aliphatic heterocycles. The normalized spacial score (nSPS) is 15.2. The van der Waals surface area contributed by atoms with Gasteiger partial charge in [0.05, 0.1) is 10.5 Å². The van der Waals surface area contributed by atoms with E-state index in [-0.39, 0.29) is 11.5 Å². The van der Waals surface area contributed by atoms with Crippen LogP contribution in [0.1, 0.15) is 57.1 Å². The Morgan fingerprint density at radius 1 is 1.18 bits per heavy atom. The van der Waals surface area contributed by atoms with Gasteiger partial charge in [-0.1, -0.05) is 56.2 Å². The number of fused-ring (bicyclic) bond motifs is 1. The quantitative estimate of drug-likeness (QED) is 0.265. The highest BCUT2D eigenvalue weighted by Gasteiger charge is 2.32. The molecule has 0 bridgehead atoms. The van der Waals surface area contributed by atoms with Crippen LogP contribution in [0, 0.1) is 6.92 Å². The summed E-state index contributed by atoms with van der Waals surface area (Å²) in [5.74, 6) is 0.325. The van der Waals surface area contributed by atoms with Crippen molar-refractivity contribution in [2.24, 2.45) is 0 Å². The minimum atomic E-state index is -0.218. The van der Waals surface area contributed by atoms with Crippen LogP contribution in [0.3, 0.4) is 0 Å². The van der Waals surface area contributed by atoms with Gasteiger partial charge in [0, 0.05) is 32.5 Å². The minimum Gasteiger partial charge on any atom is -0.382 e. The van der Waals surface area contributed by atoms with E-state index in [1.807, 2.05) is 26.0 Å². The number of rotatable bonds is 12. The first-order valence-electron chi connectivity index (χ1n) is 11.6. The predicted octanol–water partition coefficient (Wildman–Crippen LogP) is 4.62. The van der Waals surface area contributed by atoms with Gasteiger partial charge in [-0.25, -0.2) is 4.98 Å². The maximum absolute atomic E-state index is 13.4. The molecule has 0 spiro atoms. The van der Waals surface area contributed by atoms with Crippen molar-refractivity contribution >= 4 is 51.7 Å². The van der Waals surface area contributed by atoms with Crippen LogP contribution >= 0.6 is 24.0 Å². The predicted molar refractivity (Wildman–Crippen MR) is 140 cm³/mol. The molecule has 1 N–H and O–H groups in total. The zero-order chi connectivity index (χ0) is 23.8. The Kier molecular flexibility index (Phi) is 9.46. The number of hydrogen-bond donors (Lipinski definition) is 1. The van der Waals surface area contributed by atoms with Crippen molar-refractivity contribution in [1.82, 2.24) is 14.3 Å². The second-order valence-electron chi connectivity index (χ2n) is 7.99. The van der Waals surface area contributed by atoms with E-state index in [0.717, 1.165) is 37.7 Å². The number of nitrogens with one attached hydrogen (secondary N) is 1. The molecule has 0 unspecified atom stereocenters. The van der Waals surface area contributed by atoms with Crippen LogP contribution in [0.5, 0.6) is 0 Å². The van der Waals surface area contributed by atoms with Gasteiger partial charge in [0.25, 0.3) is 11.5 Å². The van der Waals surface area contributed by atoms with E-state index in [0.29, 0.717) is 52.6 Å². The number of carbonyl (C=O) groups excluding carboxylic acids is 1. The lowest BCUT2D eigenvalue weighted by molar-refractivity contribution is -0.122. The topological polar surface area (TPSA) is 75.9 Å². The zero-order valence-corrected chi connectivity index (χ0v) is 21.2. The molecule has 1 amide bonds. The van der Waals surface area contributed by atoms with Crippen LogP contribution in [0.15, 0.2) is 28.0 Å². The van der Waals surface area contributed by atoms with Crippen molar-refractivity contribution in [3.63, 3.8) is 0 Å². The first-order valence-corrected chi connectivity index (χ1v) is 12.8. The fourth-order valence-corrected chi connectivity index (χ4v) is 4.86. The van der Waals surface area contributed by atoms with Crippen molar-refractivity contribution in [3.8, 4) is 0 Å². The SMILES string of the molecule is CCCCCCN1C(=O)C(=Cc2c(NCCCOCC)nc3ccc(C)cn3c2=O)SC1=S. The van der Waals surface area contributed by atoms with Gasteiger partial charge in [-0.15, -0.1) is 0 Å². The summed E-state index contributed by atoms with van der Waals surface area (Å²) in [7, 11) is 0. The molecule has 0 saturated carbocycles. The van der Waals surface area contributed by atoms with Gasteiger partial charge in [-0.3, -0.25) is 18.9 Å². The molecule has 3 heterocycles. The molecule has 3 rings (SSSR count). The second kappa shape index (κ2) is 12.3. The lowest BCUT2D eigenvalue weighted by Crippen LogP contribution is -2.29. The van der Waals surface area contributed by atoms with Gasteiger partial charge in [0.2, 0.25) is 0 Å². The average molecular weight is 489 g/mol. The number of thioether (sulfide) groups is 1. The molecule has 178 valence electrons. The number of hydrogen-bond acceptors (Lipinski definition) is 7. The number of pyridine rings is 1. The molecule has 2 aromatic rings. The highest BCUT2D eigenvalue weighted by molar-refractivity contribution is 8.26. The summed E-state index contributed by atoms with van der Waals surface area (Å²) in [5, 5.41) is 3.26. The minimum absolute atomic E-state index is 0.141. The summed E-state index contributed by atoms with van der Waals surface area (Å²) < 4.78 is 7.46. The molecule has 0 aliphatic carbocycles. The van der Waals surface area contributed by atoms with Crippen LogP contribution in [0.4, 0.5) is 5.82 Å². The van der Waals surface area contributed by atoms with Crippen molar-refractivity contribution < 1.29 is 9.53 Å². The molecule has 1 aliphatic rings. The van der Waals surface area contributed by atoms with Gasteiger partial charge in [-0.05, 0) is 44.4 Å². The molecule has 9 heteroatoms. The maximum Gasteiger partial charge on any atom is 0.267 e. The van der Waals surface area contributed by atoms with Gasteiger partial charge in [-0.2, -0.15) is 0 Å². The smallest absolute Gasteiger partial charge is 0.267 e. The largest absolute Gasteiger partial charge is 0.382 e. The number of thiocarbonyl (C=S) groups is 1. The van der Waals surface area contributed by atoms with Crippen LogP contribution in [-0.2, 0) is 9.53 Å².